The number of hydrogen-bond acceptors (Lipinski definition) is 6. The van der Waals surface area contributed by atoms with Crippen LogP contribution in [0.4, 0.5) is 0 Å². The number of primary amides is 1. The molecule has 148 valence electrons. The van der Waals surface area contributed by atoms with E-state index in [1.165, 1.54) is 7.11 Å². The first-order valence-electron chi connectivity index (χ1n) is 9.34. The minimum Gasteiger partial charge on any atom is -0.496 e. The lowest BCUT2D eigenvalue weighted by atomic mass is 9.88. The standard InChI is InChI=1S/C20H23N3O5/c1-26-17-8-15-11(6-16(17)18(21)24)2-4-22-20(15)28-5-3-13-7-14(19(25)23-13)12-9-27-10-12/h2,4,6,8,12-14H,3,5,7,9-10H2,1H3,(H2,21,24)(H,23,25)/t13-,14+/m1/s1. The normalized spacial score (nSPS) is 22.0. The predicted octanol–water partition coefficient (Wildman–Crippen LogP) is 1.26. The lowest BCUT2D eigenvalue weighted by Gasteiger charge is -2.29. The molecule has 0 aliphatic carbocycles. The van der Waals surface area contributed by atoms with Crippen LogP contribution < -0.4 is 20.5 Å². The van der Waals surface area contributed by atoms with Gasteiger partial charge in [-0.1, -0.05) is 0 Å². The van der Waals surface area contributed by atoms with Crippen molar-refractivity contribution in [3.05, 3.63) is 30.0 Å². The third-order valence-corrected chi connectivity index (χ3v) is 5.47. The Morgan fingerprint density at radius 3 is 2.89 bits per heavy atom. The number of carbonyl (C=O) groups excluding carboxylic acids is 2. The van der Waals surface area contributed by atoms with E-state index in [1.807, 2.05) is 0 Å². The molecule has 2 aromatic rings. The van der Waals surface area contributed by atoms with Crippen LogP contribution in [0.25, 0.3) is 10.8 Å². The number of ether oxygens (including phenoxy) is 3. The highest BCUT2D eigenvalue weighted by molar-refractivity contribution is 6.01. The molecule has 2 saturated heterocycles. The summed E-state index contributed by atoms with van der Waals surface area (Å²) >= 11 is 0. The second kappa shape index (κ2) is 7.63. The number of benzene rings is 1. The van der Waals surface area contributed by atoms with E-state index in [0.29, 0.717) is 49.4 Å². The highest BCUT2D eigenvalue weighted by Crippen LogP contribution is 2.32. The smallest absolute Gasteiger partial charge is 0.252 e. The molecule has 3 heterocycles. The molecule has 1 aromatic carbocycles. The fraction of sp³-hybridized carbons (Fsp3) is 0.450. The SMILES string of the molecule is COc1cc2c(OCC[C@@H]3C[C@@H](C4COC4)C(=O)N3)nccc2cc1C(N)=O. The Morgan fingerprint density at radius 1 is 1.39 bits per heavy atom. The van der Waals surface area contributed by atoms with Gasteiger partial charge < -0.3 is 25.3 Å². The van der Waals surface area contributed by atoms with Crippen LogP contribution in [0.1, 0.15) is 23.2 Å². The van der Waals surface area contributed by atoms with Gasteiger partial charge >= 0.3 is 0 Å². The van der Waals surface area contributed by atoms with Gasteiger partial charge in [0.1, 0.15) is 5.75 Å². The van der Waals surface area contributed by atoms with E-state index < -0.39 is 5.91 Å². The molecule has 8 nitrogen and oxygen atoms in total. The van der Waals surface area contributed by atoms with Crippen LogP contribution in [-0.2, 0) is 9.53 Å². The van der Waals surface area contributed by atoms with E-state index >= 15 is 0 Å². The first-order chi connectivity index (χ1) is 13.6. The van der Waals surface area contributed by atoms with Gasteiger partial charge in [0, 0.05) is 35.9 Å². The quantitative estimate of drug-likeness (QED) is 0.742. The molecule has 0 radical (unpaired) electrons. The van der Waals surface area contributed by atoms with Crippen molar-refractivity contribution in [2.45, 2.75) is 18.9 Å². The van der Waals surface area contributed by atoms with Crippen molar-refractivity contribution in [3.8, 4) is 11.6 Å². The molecule has 0 spiro atoms. The molecular weight excluding hydrogens is 362 g/mol. The number of hydrogen-bond donors (Lipinski definition) is 2. The van der Waals surface area contributed by atoms with Gasteiger partial charge in [-0.3, -0.25) is 9.59 Å². The number of amides is 2. The Morgan fingerprint density at radius 2 is 2.21 bits per heavy atom. The van der Waals surface area contributed by atoms with Crippen LogP contribution in [0.2, 0.25) is 0 Å². The van der Waals surface area contributed by atoms with E-state index in [9.17, 15) is 9.59 Å². The van der Waals surface area contributed by atoms with E-state index in [1.54, 1.807) is 24.4 Å². The zero-order valence-electron chi connectivity index (χ0n) is 15.6. The molecule has 4 rings (SSSR count). The fourth-order valence-electron chi connectivity index (χ4n) is 3.81. The largest absolute Gasteiger partial charge is 0.496 e. The summed E-state index contributed by atoms with van der Waals surface area (Å²) in [5, 5.41) is 4.58. The summed E-state index contributed by atoms with van der Waals surface area (Å²) in [5.41, 5.74) is 5.73. The maximum Gasteiger partial charge on any atom is 0.252 e. The maximum absolute atomic E-state index is 12.1. The molecule has 3 N–H and O–H groups in total. The van der Waals surface area contributed by atoms with Gasteiger partial charge in [-0.05, 0) is 30.0 Å². The number of pyridine rings is 1. The first-order valence-corrected chi connectivity index (χ1v) is 9.34. The van der Waals surface area contributed by atoms with Gasteiger partial charge in [0.15, 0.2) is 0 Å². The fourth-order valence-corrected chi connectivity index (χ4v) is 3.81. The van der Waals surface area contributed by atoms with E-state index in [0.717, 1.165) is 17.2 Å². The summed E-state index contributed by atoms with van der Waals surface area (Å²) in [5.74, 6) is 0.793. The third-order valence-electron chi connectivity index (χ3n) is 5.47. The van der Waals surface area contributed by atoms with E-state index in [2.05, 4.69) is 10.3 Å². The molecule has 28 heavy (non-hydrogen) atoms. The molecule has 2 aliphatic heterocycles. The van der Waals surface area contributed by atoms with E-state index in [-0.39, 0.29) is 17.9 Å². The molecule has 2 atom stereocenters. The molecule has 0 bridgehead atoms. The van der Waals surface area contributed by atoms with Crippen molar-refractivity contribution < 1.29 is 23.8 Å². The number of nitrogens with zero attached hydrogens (tertiary/aromatic N) is 1. The minimum absolute atomic E-state index is 0.0471. The van der Waals surface area contributed by atoms with Gasteiger partial charge in [0.25, 0.3) is 5.91 Å². The molecule has 8 heteroatoms. The second-order valence-corrected chi connectivity index (χ2v) is 7.24. The molecular formula is C20H23N3O5. The molecule has 0 unspecified atom stereocenters. The Kier molecular flexibility index (Phi) is 5.04. The number of carbonyl (C=O) groups is 2. The summed E-state index contributed by atoms with van der Waals surface area (Å²) in [6, 6.07) is 5.27. The molecule has 2 fully saturated rings. The van der Waals surface area contributed by atoms with E-state index in [4.69, 9.17) is 19.9 Å². The van der Waals surface area contributed by atoms with Crippen molar-refractivity contribution in [1.82, 2.24) is 10.3 Å². The second-order valence-electron chi connectivity index (χ2n) is 7.24. The number of rotatable bonds is 7. The minimum atomic E-state index is -0.554. The Balaban J connectivity index is 1.43. The zero-order chi connectivity index (χ0) is 19.7. The molecule has 2 amide bonds. The van der Waals surface area contributed by atoms with Crippen LogP contribution in [0.3, 0.4) is 0 Å². The monoisotopic (exact) mass is 385 g/mol. The number of nitrogens with two attached hydrogens (primary N) is 1. The lowest BCUT2D eigenvalue weighted by molar-refractivity contribution is -0.131. The number of nitrogens with one attached hydrogen (secondary N) is 1. The predicted molar refractivity (Wildman–Crippen MR) is 101 cm³/mol. The summed E-state index contributed by atoms with van der Waals surface area (Å²) < 4.78 is 16.4. The van der Waals surface area contributed by atoms with Gasteiger partial charge in [-0.25, -0.2) is 4.98 Å². The van der Waals surface area contributed by atoms with Crippen LogP contribution in [-0.4, -0.2) is 49.8 Å². The molecule has 2 aliphatic rings. The van der Waals surface area contributed by atoms with Gasteiger partial charge in [-0.2, -0.15) is 0 Å². The van der Waals surface area contributed by atoms with Gasteiger partial charge in [-0.15, -0.1) is 0 Å². The molecule has 1 aromatic heterocycles. The van der Waals surface area contributed by atoms with Crippen LogP contribution in [0, 0.1) is 11.8 Å². The first kappa shape index (κ1) is 18.5. The van der Waals surface area contributed by atoms with Crippen molar-refractivity contribution in [2.75, 3.05) is 26.9 Å². The topological polar surface area (TPSA) is 113 Å². The Hall–Kier alpha value is -2.87. The van der Waals surface area contributed by atoms with Crippen LogP contribution in [0.15, 0.2) is 24.4 Å². The average Bonchev–Trinajstić information content (AvgIpc) is 2.99. The van der Waals surface area contributed by atoms with Crippen molar-refractivity contribution >= 4 is 22.6 Å². The van der Waals surface area contributed by atoms with Crippen molar-refractivity contribution in [1.29, 1.82) is 0 Å². The van der Waals surface area contributed by atoms with Crippen molar-refractivity contribution in [2.24, 2.45) is 17.6 Å². The number of fused-ring (bicyclic) bond motifs is 1. The summed E-state index contributed by atoms with van der Waals surface area (Å²) in [6.45, 7) is 1.78. The highest BCUT2D eigenvalue weighted by Gasteiger charge is 2.40. The van der Waals surface area contributed by atoms with Crippen LogP contribution >= 0.6 is 0 Å². The third kappa shape index (κ3) is 3.47. The van der Waals surface area contributed by atoms with Crippen LogP contribution in [0.5, 0.6) is 11.6 Å². The zero-order valence-corrected chi connectivity index (χ0v) is 15.6. The average molecular weight is 385 g/mol. The number of aromatic nitrogens is 1. The number of methoxy groups -OCH3 is 1. The summed E-state index contributed by atoms with van der Waals surface area (Å²) in [6.07, 6.45) is 3.14. The summed E-state index contributed by atoms with van der Waals surface area (Å²) in [4.78, 5) is 28.0. The lowest BCUT2D eigenvalue weighted by Crippen LogP contribution is -2.38. The maximum atomic E-state index is 12.1. The summed E-state index contributed by atoms with van der Waals surface area (Å²) in [7, 11) is 1.48. The van der Waals surface area contributed by atoms with Crippen molar-refractivity contribution in [3.63, 3.8) is 0 Å². The Labute approximate surface area is 162 Å². The molecule has 0 saturated carbocycles. The van der Waals surface area contributed by atoms with Gasteiger partial charge in [0.2, 0.25) is 11.8 Å². The highest BCUT2D eigenvalue weighted by atomic mass is 16.5. The van der Waals surface area contributed by atoms with Gasteiger partial charge in [0.05, 0.1) is 32.5 Å². The Bertz CT molecular complexity index is 912.